The number of alkyl carbamates (subject to hydrolysis) is 1. The average molecular weight is 348 g/mol. The lowest BCUT2D eigenvalue weighted by atomic mass is 10.00. The molecule has 0 radical (unpaired) electrons. The van der Waals surface area contributed by atoms with Gasteiger partial charge in [-0.3, -0.25) is 0 Å². The molecule has 2 atom stereocenters. The van der Waals surface area contributed by atoms with Crippen molar-refractivity contribution in [3.05, 3.63) is 35.9 Å². The van der Waals surface area contributed by atoms with Crippen LogP contribution in [0.4, 0.5) is 4.79 Å². The molecule has 2 N–H and O–H groups in total. The smallest absolute Gasteiger partial charge is 0.407 e. The summed E-state index contributed by atoms with van der Waals surface area (Å²) in [4.78, 5) is 14.5. The van der Waals surface area contributed by atoms with Crippen LogP contribution < -0.4 is 5.32 Å². The molecule has 0 aliphatic carbocycles. The topological polar surface area (TPSA) is 61.8 Å². The Bertz CT molecular complexity index is 521. The minimum atomic E-state index is -0.633. The summed E-state index contributed by atoms with van der Waals surface area (Å²) in [6.45, 7) is 8.12. The fraction of sp³-hybridized carbons (Fsp3) is 0.650. The Balaban J connectivity index is 2.00. The SMILES string of the molecule is CC(C)(C)OC(=O)N[C@H](Cc1ccccc1)[C@H](O)CN1CCCCC1. The molecule has 2 rings (SSSR count). The number of β-amino-alcohol motifs (C(OH)–C–C–N with tert-alkyl or cyclic N) is 1. The summed E-state index contributed by atoms with van der Waals surface area (Å²) in [6.07, 6.45) is 3.08. The third-order valence-electron chi connectivity index (χ3n) is 4.36. The van der Waals surface area contributed by atoms with E-state index in [2.05, 4.69) is 10.2 Å². The number of hydrogen-bond acceptors (Lipinski definition) is 4. The van der Waals surface area contributed by atoms with Crippen LogP contribution in [0.3, 0.4) is 0 Å². The number of ether oxygens (including phenoxy) is 1. The minimum absolute atomic E-state index is 0.376. The summed E-state index contributed by atoms with van der Waals surface area (Å²) < 4.78 is 5.37. The quantitative estimate of drug-likeness (QED) is 0.830. The monoisotopic (exact) mass is 348 g/mol. The molecular formula is C20H32N2O3. The van der Waals surface area contributed by atoms with Gasteiger partial charge >= 0.3 is 6.09 Å². The lowest BCUT2D eigenvalue weighted by Crippen LogP contribution is -2.51. The highest BCUT2D eigenvalue weighted by atomic mass is 16.6. The van der Waals surface area contributed by atoms with Crippen LogP contribution in [0.5, 0.6) is 0 Å². The molecule has 5 nitrogen and oxygen atoms in total. The van der Waals surface area contributed by atoms with E-state index >= 15 is 0 Å². The molecule has 5 heteroatoms. The van der Waals surface area contributed by atoms with Crippen LogP contribution in [0.2, 0.25) is 0 Å². The third kappa shape index (κ3) is 7.45. The van der Waals surface area contributed by atoms with E-state index in [-0.39, 0.29) is 6.04 Å². The molecule has 1 fully saturated rings. The van der Waals surface area contributed by atoms with Gasteiger partial charge in [-0.1, -0.05) is 36.8 Å². The second-order valence-corrected chi connectivity index (χ2v) is 7.87. The van der Waals surface area contributed by atoms with Gasteiger partial charge in [-0.2, -0.15) is 0 Å². The third-order valence-corrected chi connectivity index (χ3v) is 4.36. The van der Waals surface area contributed by atoms with Crippen molar-refractivity contribution in [2.75, 3.05) is 19.6 Å². The molecule has 140 valence electrons. The van der Waals surface area contributed by atoms with E-state index in [1.54, 1.807) is 0 Å². The zero-order chi connectivity index (χ0) is 18.3. The lowest BCUT2D eigenvalue weighted by Gasteiger charge is -2.32. The standard InChI is InChI=1S/C20H32N2O3/c1-20(2,3)25-19(24)21-17(14-16-10-6-4-7-11-16)18(23)15-22-12-8-5-9-13-22/h4,6-7,10-11,17-18,23H,5,8-9,12-15H2,1-3H3,(H,21,24)/t17-,18-/m1/s1. The predicted molar refractivity (Wildman–Crippen MR) is 99.6 cm³/mol. The molecule has 1 aliphatic rings. The van der Waals surface area contributed by atoms with Gasteiger partial charge in [0.2, 0.25) is 0 Å². The molecular weight excluding hydrogens is 316 g/mol. The Morgan fingerprint density at radius 1 is 1.20 bits per heavy atom. The lowest BCUT2D eigenvalue weighted by molar-refractivity contribution is 0.0350. The number of rotatable bonds is 6. The number of nitrogens with zero attached hydrogens (tertiary/aromatic N) is 1. The average Bonchev–Trinajstić information content (AvgIpc) is 2.54. The van der Waals surface area contributed by atoms with E-state index in [9.17, 15) is 9.90 Å². The maximum absolute atomic E-state index is 12.2. The second-order valence-electron chi connectivity index (χ2n) is 7.87. The molecule has 1 aliphatic heterocycles. The van der Waals surface area contributed by atoms with E-state index < -0.39 is 17.8 Å². The van der Waals surface area contributed by atoms with Crippen molar-refractivity contribution in [2.24, 2.45) is 0 Å². The minimum Gasteiger partial charge on any atom is -0.444 e. The van der Waals surface area contributed by atoms with E-state index in [1.165, 1.54) is 19.3 Å². The van der Waals surface area contributed by atoms with Crippen LogP contribution in [0, 0.1) is 0 Å². The number of piperidine rings is 1. The van der Waals surface area contributed by atoms with Gasteiger partial charge in [0.15, 0.2) is 0 Å². The van der Waals surface area contributed by atoms with Crippen molar-refractivity contribution in [1.82, 2.24) is 10.2 Å². The summed E-state index contributed by atoms with van der Waals surface area (Å²) in [5.41, 5.74) is 0.528. The van der Waals surface area contributed by atoms with E-state index in [0.717, 1.165) is 18.7 Å². The molecule has 0 bridgehead atoms. The molecule has 0 spiro atoms. The van der Waals surface area contributed by atoms with Crippen molar-refractivity contribution in [3.63, 3.8) is 0 Å². The van der Waals surface area contributed by atoms with Crippen LogP contribution >= 0.6 is 0 Å². The molecule has 1 amide bonds. The number of likely N-dealkylation sites (tertiary alicyclic amines) is 1. The number of carbonyl (C=O) groups is 1. The van der Waals surface area contributed by atoms with Gasteiger partial charge in [0, 0.05) is 6.54 Å². The van der Waals surface area contributed by atoms with Crippen LogP contribution in [0.25, 0.3) is 0 Å². The number of aliphatic hydroxyl groups excluding tert-OH is 1. The zero-order valence-corrected chi connectivity index (χ0v) is 15.7. The molecule has 1 saturated heterocycles. The summed E-state index contributed by atoms with van der Waals surface area (Å²) in [5.74, 6) is 0. The maximum Gasteiger partial charge on any atom is 0.407 e. The molecule has 1 heterocycles. The number of aliphatic hydroxyl groups is 1. The normalized spacial score (nSPS) is 18.4. The van der Waals surface area contributed by atoms with Gasteiger partial charge in [0.05, 0.1) is 12.1 Å². The van der Waals surface area contributed by atoms with Crippen molar-refractivity contribution < 1.29 is 14.6 Å². The van der Waals surface area contributed by atoms with Crippen molar-refractivity contribution >= 4 is 6.09 Å². The summed E-state index contributed by atoms with van der Waals surface area (Å²) in [5, 5.41) is 13.6. The Hall–Kier alpha value is -1.59. The summed E-state index contributed by atoms with van der Waals surface area (Å²) >= 11 is 0. The fourth-order valence-electron chi connectivity index (χ4n) is 3.14. The molecule has 1 aromatic carbocycles. The van der Waals surface area contributed by atoms with E-state index in [0.29, 0.717) is 13.0 Å². The van der Waals surface area contributed by atoms with Crippen LogP contribution in [-0.4, -0.2) is 53.5 Å². The highest BCUT2D eigenvalue weighted by molar-refractivity contribution is 5.68. The number of carbonyl (C=O) groups excluding carboxylic acids is 1. The van der Waals surface area contributed by atoms with Gasteiger partial charge in [-0.25, -0.2) is 4.79 Å². The Labute approximate surface area is 151 Å². The number of benzene rings is 1. The molecule has 25 heavy (non-hydrogen) atoms. The van der Waals surface area contributed by atoms with E-state index in [4.69, 9.17) is 4.74 Å². The highest BCUT2D eigenvalue weighted by Gasteiger charge is 2.26. The number of hydrogen-bond donors (Lipinski definition) is 2. The largest absolute Gasteiger partial charge is 0.444 e. The van der Waals surface area contributed by atoms with Gasteiger partial charge in [-0.05, 0) is 58.7 Å². The molecule has 0 unspecified atom stereocenters. The van der Waals surface area contributed by atoms with Crippen molar-refractivity contribution in [1.29, 1.82) is 0 Å². The summed E-state index contributed by atoms with van der Waals surface area (Å²) in [6, 6.07) is 9.55. The van der Waals surface area contributed by atoms with Crippen LogP contribution in [-0.2, 0) is 11.2 Å². The zero-order valence-electron chi connectivity index (χ0n) is 15.7. The van der Waals surface area contributed by atoms with Crippen LogP contribution in [0.15, 0.2) is 30.3 Å². The molecule has 0 aromatic heterocycles. The second kappa shape index (κ2) is 9.20. The van der Waals surface area contributed by atoms with Crippen LogP contribution in [0.1, 0.15) is 45.6 Å². The Morgan fingerprint density at radius 3 is 2.44 bits per heavy atom. The summed E-state index contributed by atoms with van der Waals surface area (Å²) in [7, 11) is 0. The first kappa shape index (κ1) is 19.7. The Kier molecular flexibility index (Phi) is 7.26. The number of amides is 1. The van der Waals surface area contributed by atoms with Crippen molar-refractivity contribution in [3.8, 4) is 0 Å². The van der Waals surface area contributed by atoms with Gasteiger partial charge < -0.3 is 20.1 Å². The van der Waals surface area contributed by atoms with Gasteiger partial charge in [0.25, 0.3) is 0 Å². The van der Waals surface area contributed by atoms with Gasteiger partial charge in [0.1, 0.15) is 5.60 Å². The number of nitrogens with one attached hydrogen (secondary N) is 1. The maximum atomic E-state index is 12.2. The fourth-order valence-corrected chi connectivity index (χ4v) is 3.14. The van der Waals surface area contributed by atoms with E-state index in [1.807, 2.05) is 51.1 Å². The van der Waals surface area contributed by atoms with Crippen molar-refractivity contribution in [2.45, 2.75) is 64.2 Å². The first-order valence-corrected chi connectivity index (χ1v) is 9.27. The Morgan fingerprint density at radius 2 is 1.84 bits per heavy atom. The first-order chi connectivity index (χ1) is 11.8. The molecule has 0 saturated carbocycles. The molecule has 1 aromatic rings. The predicted octanol–water partition coefficient (Wildman–Crippen LogP) is 2.97. The van der Waals surface area contributed by atoms with Gasteiger partial charge in [-0.15, -0.1) is 0 Å². The first-order valence-electron chi connectivity index (χ1n) is 9.27. The highest BCUT2D eigenvalue weighted by Crippen LogP contribution is 2.13.